The fraction of sp³-hybridized carbons (Fsp3) is 1.00. The molecule has 0 aromatic heterocycles. The molecule has 3 heteroatoms. The predicted molar refractivity (Wildman–Crippen MR) is 67.5 cm³/mol. The lowest BCUT2D eigenvalue weighted by Gasteiger charge is -1.90. The van der Waals surface area contributed by atoms with Gasteiger partial charge in [-0.3, -0.25) is 0 Å². The molecule has 0 aromatic carbocycles. The molecule has 0 amide bonds. The normalized spacial score (nSPS) is 8.80. The Morgan fingerprint density at radius 2 is 0.933 bits per heavy atom. The van der Waals surface area contributed by atoms with Crippen molar-refractivity contribution in [1.29, 1.82) is 0 Å². The van der Waals surface area contributed by atoms with Gasteiger partial charge in [-0.15, -0.1) is 0 Å². The maximum atomic E-state index is 8.29. The van der Waals surface area contributed by atoms with Crippen LogP contribution in [0.15, 0.2) is 0 Å². The van der Waals surface area contributed by atoms with Crippen LogP contribution in [0.25, 0.3) is 0 Å². The third-order valence-corrected chi connectivity index (χ3v) is 2.02. The van der Waals surface area contributed by atoms with Crippen molar-refractivity contribution in [3.63, 3.8) is 0 Å². The average molecular weight is 221 g/mol. The van der Waals surface area contributed by atoms with Crippen LogP contribution < -0.4 is 6.15 Å². The molecule has 5 N–H and O–H groups in total. The number of hydrogen-bond donors (Lipinski definition) is 3. The summed E-state index contributed by atoms with van der Waals surface area (Å²) in [6.07, 6.45) is 9.36. The van der Waals surface area contributed by atoms with Crippen molar-refractivity contribution in [1.82, 2.24) is 6.15 Å². The zero-order valence-electron chi connectivity index (χ0n) is 10.7. The van der Waals surface area contributed by atoms with Gasteiger partial charge in [-0.25, -0.2) is 0 Å². The Kier molecular flexibility index (Phi) is 31.9. The Balaban J connectivity index is -0.000000180. The SMILES string of the molecule is CCCCCCO.CCCCCCO.N. The number of aliphatic hydroxyl groups is 2. The highest BCUT2D eigenvalue weighted by Gasteiger charge is 1.81. The van der Waals surface area contributed by atoms with Crippen LogP contribution in [0.1, 0.15) is 65.2 Å². The first-order chi connectivity index (χ1) is 6.83. The van der Waals surface area contributed by atoms with Crippen molar-refractivity contribution in [3.8, 4) is 0 Å². The van der Waals surface area contributed by atoms with Crippen LogP contribution in [0.2, 0.25) is 0 Å². The van der Waals surface area contributed by atoms with Crippen molar-refractivity contribution in [2.24, 2.45) is 0 Å². The van der Waals surface area contributed by atoms with Gasteiger partial charge in [-0.2, -0.15) is 0 Å². The second-order valence-electron chi connectivity index (χ2n) is 3.57. The minimum atomic E-state index is 0. The largest absolute Gasteiger partial charge is 0.396 e. The summed E-state index contributed by atoms with van der Waals surface area (Å²) in [6.45, 7) is 5.05. The van der Waals surface area contributed by atoms with E-state index in [-0.39, 0.29) is 6.15 Å². The van der Waals surface area contributed by atoms with E-state index in [2.05, 4.69) is 13.8 Å². The van der Waals surface area contributed by atoms with Gasteiger partial charge in [0, 0.05) is 13.2 Å². The smallest absolute Gasteiger partial charge is 0.0431 e. The minimum absolute atomic E-state index is 0. The maximum absolute atomic E-state index is 8.29. The molecule has 15 heavy (non-hydrogen) atoms. The van der Waals surface area contributed by atoms with Crippen LogP contribution in [0, 0.1) is 0 Å². The van der Waals surface area contributed by atoms with E-state index in [1.54, 1.807) is 0 Å². The fourth-order valence-electron chi connectivity index (χ4n) is 1.08. The maximum Gasteiger partial charge on any atom is 0.0431 e. The highest BCUT2D eigenvalue weighted by molar-refractivity contribution is 4.36. The molecule has 0 heterocycles. The van der Waals surface area contributed by atoms with Crippen LogP contribution in [-0.4, -0.2) is 23.4 Å². The third kappa shape index (κ3) is 31.5. The molecule has 0 saturated heterocycles. The zero-order valence-corrected chi connectivity index (χ0v) is 10.7. The van der Waals surface area contributed by atoms with Gasteiger partial charge in [-0.1, -0.05) is 52.4 Å². The monoisotopic (exact) mass is 221 g/mol. The molecular weight excluding hydrogens is 190 g/mol. The predicted octanol–water partition coefficient (Wildman–Crippen LogP) is 3.28. The van der Waals surface area contributed by atoms with Crippen molar-refractivity contribution in [2.45, 2.75) is 65.2 Å². The van der Waals surface area contributed by atoms with Crippen molar-refractivity contribution >= 4 is 0 Å². The molecule has 0 unspecified atom stereocenters. The Morgan fingerprint density at radius 3 is 1.13 bits per heavy atom. The van der Waals surface area contributed by atoms with Crippen molar-refractivity contribution in [3.05, 3.63) is 0 Å². The summed E-state index contributed by atoms with van der Waals surface area (Å²) in [6, 6.07) is 0. The van der Waals surface area contributed by atoms with Crippen LogP contribution in [-0.2, 0) is 0 Å². The van der Waals surface area contributed by atoms with Crippen LogP contribution >= 0.6 is 0 Å². The number of unbranched alkanes of at least 4 members (excludes halogenated alkanes) is 6. The number of rotatable bonds is 8. The van der Waals surface area contributed by atoms with E-state index in [1.807, 2.05) is 0 Å². The second kappa shape index (κ2) is 23.6. The van der Waals surface area contributed by atoms with Crippen LogP contribution in [0.3, 0.4) is 0 Å². The first-order valence-corrected chi connectivity index (χ1v) is 6.05. The summed E-state index contributed by atoms with van der Waals surface area (Å²) >= 11 is 0. The molecule has 3 nitrogen and oxygen atoms in total. The van der Waals surface area contributed by atoms with Gasteiger partial charge in [0.25, 0.3) is 0 Å². The second-order valence-corrected chi connectivity index (χ2v) is 3.57. The summed E-state index contributed by atoms with van der Waals surface area (Å²) in [5.41, 5.74) is 0. The zero-order chi connectivity index (χ0) is 11.1. The van der Waals surface area contributed by atoms with Crippen LogP contribution in [0.5, 0.6) is 0 Å². The van der Waals surface area contributed by atoms with E-state index < -0.39 is 0 Å². The van der Waals surface area contributed by atoms with Crippen LogP contribution in [0.4, 0.5) is 0 Å². The molecule has 0 aliphatic heterocycles. The fourth-order valence-corrected chi connectivity index (χ4v) is 1.08. The molecule has 0 saturated carbocycles. The van der Waals surface area contributed by atoms with E-state index in [1.165, 1.54) is 38.5 Å². The van der Waals surface area contributed by atoms with Crippen molar-refractivity contribution < 1.29 is 10.2 Å². The van der Waals surface area contributed by atoms with E-state index in [9.17, 15) is 0 Å². The lowest BCUT2D eigenvalue weighted by Crippen LogP contribution is -1.80. The standard InChI is InChI=1S/2C6H14O.H3N/c2*1-2-3-4-5-6-7;/h2*7H,2-6H2,1H3;1H3. The molecule has 0 aromatic rings. The lowest BCUT2D eigenvalue weighted by molar-refractivity contribution is 0.282. The van der Waals surface area contributed by atoms with E-state index in [4.69, 9.17) is 10.2 Å². The first kappa shape index (κ1) is 20.3. The van der Waals surface area contributed by atoms with Gasteiger partial charge >= 0.3 is 0 Å². The Labute approximate surface area is 95.5 Å². The van der Waals surface area contributed by atoms with Gasteiger partial charge in [0.2, 0.25) is 0 Å². The topological polar surface area (TPSA) is 75.5 Å². The number of aliphatic hydroxyl groups excluding tert-OH is 2. The first-order valence-electron chi connectivity index (χ1n) is 6.05. The summed E-state index contributed by atoms with van der Waals surface area (Å²) in [4.78, 5) is 0. The third-order valence-electron chi connectivity index (χ3n) is 2.02. The number of hydrogen-bond acceptors (Lipinski definition) is 3. The summed E-state index contributed by atoms with van der Waals surface area (Å²) in [7, 11) is 0. The van der Waals surface area contributed by atoms with E-state index >= 15 is 0 Å². The molecule has 0 aliphatic rings. The Bertz CT molecular complexity index is 62.0. The summed E-state index contributed by atoms with van der Waals surface area (Å²) in [5, 5.41) is 16.6. The molecule has 0 atom stereocenters. The van der Waals surface area contributed by atoms with Gasteiger partial charge in [0.05, 0.1) is 0 Å². The quantitative estimate of drug-likeness (QED) is 0.551. The van der Waals surface area contributed by atoms with Gasteiger partial charge in [0.15, 0.2) is 0 Å². The van der Waals surface area contributed by atoms with Crippen molar-refractivity contribution in [2.75, 3.05) is 13.2 Å². The molecule has 0 fully saturated rings. The summed E-state index contributed by atoms with van der Waals surface area (Å²) in [5.74, 6) is 0. The molecule has 0 bridgehead atoms. The molecule has 0 rings (SSSR count). The minimum Gasteiger partial charge on any atom is -0.396 e. The molecule has 0 spiro atoms. The Morgan fingerprint density at radius 1 is 0.600 bits per heavy atom. The molecule has 96 valence electrons. The van der Waals surface area contributed by atoms with Gasteiger partial charge < -0.3 is 16.4 Å². The molecule has 0 radical (unpaired) electrons. The lowest BCUT2D eigenvalue weighted by atomic mass is 10.2. The highest BCUT2D eigenvalue weighted by Crippen LogP contribution is 1.96. The summed E-state index contributed by atoms with van der Waals surface area (Å²) < 4.78 is 0. The highest BCUT2D eigenvalue weighted by atomic mass is 16.3. The Hall–Kier alpha value is -0.120. The average Bonchev–Trinajstić information content (AvgIpc) is 2.21. The van der Waals surface area contributed by atoms with E-state index in [0.29, 0.717) is 13.2 Å². The van der Waals surface area contributed by atoms with Gasteiger partial charge in [-0.05, 0) is 12.8 Å². The molecule has 0 aliphatic carbocycles. The van der Waals surface area contributed by atoms with Gasteiger partial charge in [0.1, 0.15) is 0 Å². The molecular formula is C12H31NO2. The van der Waals surface area contributed by atoms with E-state index in [0.717, 1.165) is 12.8 Å².